The highest BCUT2D eigenvalue weighted by Crippen LogP contribution is 2.50. The molecule has 17 heavy (non-hydrogen) atoms. The highest BCUT2D eigenvalue weighted by Gasteiger charge is 2.49. The molecule has 1 aliphatic heterocycles. The van der Waals surface area contributed by atoms with Crippen LogP contribution in [0, 0.1) is 23.7 Å². The Bertz CT molecular complexity index is 294. The van der Waals surface area contributed by atoms with Gasteiger partial charge in [0.15, 0.2) is 0 Å². The summed E-state index contributed by atoms with van der Waals surface area (Å²) in [4.78, 5) is 0. The van der Waals surface area contributed by atoms with Crippen molar-refractivity contribution < 1.29 is 4.74 Å². The fraction of sp³-hybridized carbons (Fsp3) is 0.875. The lowest BCUT2D eigenvalue weighted by atomic mass is 9.65. The highest BCUT2D eigenvalue weighted by atomic mass is 16.5. The lowest BCUT2D eigenvalue weighted by molar-refractivity contribution is -0.0958. The van der Waals surface area contributed by atoms with Gasteiger partial charge in [-0.3, -0.25) is 0 Å². The molecule has 2 rings (SSSR count). The molecule has 0 aromatic heterocycles. The smallest absolute Gasteiger partial charge is 0.0722 e. The highest BCUT2D eigenvalue weighted by molar-refractivity contribution is 5.07. The average molecular weight is 236 g/mol. The summed E-state index contributed by atoms with van der Waals surface area (Å²) in [6.45, 7) is 14.3. The predicted octanol–water partition coefficient (Wildman–Crippen LogP) is 4.43. The molecule has 98 valence electrons. The Morgan fingerprint density at radius 1 is 1.29 bits per heavy atom. The van der Waals surface area contributed by atoms with E-state index in [1.54, 1.807) is 0 Å². The quantitative estimate of drug-likeness (QED) is 0.644. The number of ether oxygens (including phenoxy) is 1. The summed E-state index contributed by atoms with van der Waals surface area (Å²) >= 11 is 0. The third-order valence-corrected chi connectivity index (χ3v) is 5.01. The van der Waals surface area contributed by atoms with Crippen molar-refractivity contribution in [2.75, 3.05) is 6.61 Å². The molecule has 1 unspecified atom stereocenters. The second kappa shape index (κ2) is 4.76. The third-order valence-electron chi connectivity index (χ3n) is 5.01. The Labute approximate surface area is 107 Å². The van der Waals surface area contributed by atoms with E-state index in [1.807, 2.05) is 0 Å². The molecule has 2 aliphatic rings. The van der Waals surface area contributed by atoms with Crippen molar-refractivity contribution in [3.8, 4) is 0 Å². The molecule has 1 saturated carbocycles. The number of hydrogen-bond donors (Lipinski definition) is 0. The summed E-state index contributed by atoms with van der Waals surface area (Å²) in [6, 6.07) is 0. The Kier molecular flexibility index (Phi) is 3.68. The molecular formula is C16H28O. The molecule has 1 nitrogen and oxygen atoms in total. The summed E-state index contributed by atoms with van der Waals surface area (Å²) in [5, 5.41) is 0. The zero-order chi connectivity index (χ0) is 12.6. The van der Waals surface area contributed by atoms with Crippen LogP contribution in [0.2, 0.25) is 0 Å². The van der Waals surface area contributed by atoms with Crippen LogP contribution >= 0.6 is 0 Å². The van der Waals surface area contributed by atoms with Crippen LogP contribution in [-0.2, 0) is 4.74 Å². The normalized spacial score (nSPS) is 42.3. The van der Waals surface area contributed by atoms with Gasteiger partial charge >= 0.3 is 0 Å². The van der Waals surface area contributed by atoms with Crippen LogP contribution in [0.1, 0.15) is 53.4 Å². The molecule has 0 aromatic rings. The largest absolute Gasteiger partial charge is 0.374 e. The third kappa shape index (κ3) is 2.45. The van der Waals surface area contributed by atoms with Crippen molar-refractivity contribution >= 4 is 0 Å². The van der Waals surface area contributed by atoms with Gasteiger partial charge < -0.3 is 4.74 Å². The average Bonchev–Trinajstić information content (AvgIpc) is 2.62. The standard InChI is InChI=1S/C16H28O/c1-11(2)14-9-16(17-10-14)8-13(5)6-7-15(16)12(3)4/h12-15H,1,6-10H2,2-5H3/t13-,14?,15+,16-/m1/s1. The molecule has 0 aromatic carbocycles. The van der Waals surface area contributed by atoms with Gasteiger partial charge in [-0.15, -0.1) is 0 Å². The zero-order valence-electron chi connectivity index (χ0n) is 12.0. The van der Waals surface area contributed by atoms with E-state index in [0.29, 0.717) is 5.92 Å². The number of rotatable bonds is 2. The molecule has 4 atom stereocenters. The summed E-state index contributed by atoms with van der Waals surface area (Å²) in [5.41, 5.74) is 1.48. The number of hydrogen-bond acceptors (Lipinski definition) is 1. The summed E-state index contributed by atoms with van der Waals surface area (Å²) in [5.74, 6) is 2.92. The first-order valence-corrected chi connectivity index (χ1v) is 7.24. The first-order chi connectivity index (χ1) is 7.94. The Balaban J connectivity index is 2.17. The fourth-order valence-corrected chi connectivity index (χ4v) is 4.03. The van der Waals surface area contributed by atoms with Crippen LogP contribution in [0.25, 0.3) is 0 Å². The molecule has 0 bridgehead atoms. The van der Waals surface area contributed by atoms with Gasteiger partial charge in [-0.2, -0.15) is 0 Å². The first-order valence-electron chi connectivity index (χ1n) is 7.24. The van der Waals surface area contributed by atoms with Crippen molar-refractivity contribution in [1.29, 1.82) is 0 Å². The maximum Gasteiger partial charge on any atom is 0.0722 e. The van der Waals surface area contributed by atoms with Gasteiger partial charge in [0, 0.05) is 5.92 Å². The minimum atomic E-state index is 0.176. The van der Waals surface area contributed by atoms with Gasteiger partial charge in [0.05, 0.1) is 12.2 Å². The minimum Gasteiger partial charge on any atom is -0.374 e. The lowest BCUT2D eigenvalue weighted by Crippen LogP contribution is -2.45. The molecule has 1 aliphatic carbocycles. The SMILES string of the molecule is C=C(C)C1CO[C@@]2(C1)C[C@H](C)CC[C@H]2C(C)C. The van der Waals surface area contributed by atoms with Crippen molar-refractivity contribution in [2.24, 2.45) is 23.7 Å². The van der Waals surface area contributed by atoms with E-state index in [0.717, 1.165) is 24.4 Å². The van der Waals surface area contributed by atoms with E-state index in [9.17, 15) is 0 Å². The molecule has 1 spiro atoms. The summed E-state index contributed by atoms with van der Waals surface area (Å²) in [6.07, 6.45) is 5.21. The summed E-state index contributed by atoms with van der Waals surface area (Å²) in [7, 11) is 0. The maximum atomic E-state index is 6.34. The molecule has 1 heterocycles. The molecule has 2 fully saturated rings. The van der Waals surface area contributed by atoms with Crippen LogP contribution in [0.3, 0.4) is 0 Å². The predicted molar refractivity (Wildman–Crippen MR) is 72.9 cm³/mol. The lowest BCUT2D eigenvalue weighted by Gasteiger charge is -2.45. The van der Waals surface area contributed by atoms with E-state index in [4.69, 9.17) is 4.74 Å². The van der Waals surface area contributed by atoms with E-state index in [2.05, 4.69) is 34.3 Å². The van der Waals surface area contributed by atoms with Gasteiger partial charge in [0.1, 0.15) is 0 Å². The monoisotopic (exact) mass is 236 g/mol. The molecule has 0 radical (unpaired) electrons. The van der Waals surface area contributed by atoms with Gasteiger partial charge in [0.25, 0.3) is 0 Å². The molecule has 1 saturated heterocycles. The molecule has 0 amide bonds. The van der Waals surface area contributed by atoms with Crippen LogP contribution in [0.15, 0.2) is 12.2 Å². The van der Waals surface area contributed by atoms with E-state index < -0.39 is 0 Å². The van der Waals surface area contributed by atoms with Crippen LogP contribution in [0.5, 0.6) is 0 Å². The Hall–Kier alpha value is -0.300. The van der Waals surface area contributed by atoms with Gasteiger partial charge in [0.2, 0.25) is 0 Å². The first kappa shape index (κ1) is 13.1. The van der Waals surface area contributed by atoms with Gasteiger partial charge in [-0.05, 0) is 43.9 Å². The van der Waals surface area contributed by atoms with Crippen molar-refractivity contribution in [3.63, 3.8) is 0 Å². The fourth-order valence-electron chi connectivity index (χ4n) is 4.03. The Morgan fingerprint density at radius 3 is 2.53 bits per heavy atom. The van der Waals surface area contributed by atoms with E-state index >= 15 is 0 Å². The topological polar surface area (TPSA) is 9.23 Å². The van der Waals surface area contributed by atoms with E-state index in [1.165, 1.54) is 31.3 Å². The zero-order valence-corrected chi connectivity index (χ0v) is 12.0. The van der Waals surface area contributed by atoms with Crippen LogP contribution in [0.4, 0.5) is 0 Å². The van der Waals surface area contributed by atoms with Crippen LogP contribution in [-0.4, -0.2) is 12.2 Å². The van der Waals surface area contributed by atoms with Gasteiger partial charge in [-0.1, -0.05) is 39.3 Å². The minimum absolute atomic E-state index is 0.176. The van der Waals surface area contributed by atoms with Crippen molar-refractivity contribution in [2.45, 2.75) is 59.0 Å². The molecule has 0 N–H and O–H groups in total. The molecular weight excluding hydrogens is 208 g/mol. The Morgan fingerprint density at radius 2 is 2.00 bits per heavy atom. The maximum absolute atomic E-state index is 6.34. The summed E-state index contributed by atoms with van der Waals surface area (Å²) < 4.78 is 6.34. The second-order valence-electron chi connectivity index (χ2n) is 6.86. The van der Waals surface area contributed by atoms with Crippen molar-refractivity contribution in [1.82, 2.24) is 0 Å². The molecule has 1 heteroatoms. The van der Waals surface area contributed by atoms with Gasteiger partial charge in [-0.25, -0.2) is 0 Å². The second-order valence-corrected chi connectivity index (χ2v) is 6.86. The van der Waals surface area contributed by atoms with Crippen LogP contribution < -0.4 is 0 Å². The van der Waals surface area contributed by atoms with E-state index in [-0.39, 0.29) is 5.60 Å². The van der Waals surface area contributed by atoms with Crippen molar-refractivity contribution in [3.05, 3.63) is 12.2 Å².